The lowest BCUT2D eigenvalue weighted by atomic mass is 10.2. The Labute approximate surface area is 100 Å². The molecule has 6 nitrogen and oxygen atoms in total. The second-order valence-electron chi connectivity index (χ2n) is 3.39. The van der Waals surface area contributed by atoms with Crippen LogP contribution in [0.5, 0.6) is 0 Å². The Morgan fingerprint density at radius 2 is 1.71 bits per heavy atom. The van der Waals surface area contributed by atoms with Crippen molar-refractivity contribution in [3.63, 3.8) is 0 Å². The first-order valence-electron chi connectivity index (χ1n) is 4.53. The van der Waals surface area contributed by atoms with E-state index >= 15 is 0 Å². The van der Waals surface area contributed by atoms with Crippen molar-refractivity contribution in [2.24, 2.45) is 9.54 Å². The lowest BCUT2D eigenvalue weighted by molar-refractivity contribution is 0.597. The summed E-state index contributed by atoms with van der Waals surface area (Å²) in [6.45, 7) is 0. The molecule has 0 heterocycles. The first-order chi connectivity index (χ1) is 7.70. The van der Waals surface area contributed by atoms with Gasteiger partial charge in [0.25, 0.3) is 10.0 Å². The van der Waals surface area contributed by atoms with E-state index in [9.17, 15) is 16.8 Å². The van der Waals surface area contributed by atoms with Gasteiger partial charge in [0.05, 0.1) is 12.0 Å². The van der Waals surface area contributed by atoms with Crippen molar-refractivity contribution in [3.05, 3.63) is 36.5 Å². The number of nitrogens with two attached hydrogens (primary N) is 1. The predicted octanol–water partition coefficient (Wildman–Crippen LogP) is -0.274. The summed E-state index contributed by atoms with van der Waals surface area (Å²) in [4.78, 5) is 0. The van der Waals surface area contributed by atoms with Gasteiger partial charge in [-0.05, 0) is 6.08 Å². The monoisotopic (exact) mass is 276 g/mol. The summed E-state index contributed by atoms with van der Waals surface area (Å²) in [6.07, 6.45) is 9.64. The third kappa shape index (κ3) is 4.63. The molecule has 1 rings (SSSR count). The second kappa shape index (κ2) is 4.94. The molecule has 0 spiro atoms. The summed E-state index contributed by atoms with van der Waals surface area (Å²) in [7, 11) is -7.64. The van der Waals surface area contributed by atoms with Crippen molar-refractivity contribution in [1.29, 1.82) is 0 Å². The minimum atomic E-state index is -3.95. The molecule has 0 aromatic carbocycles. The molecule has 0 radical (unpaired) electrons. The van der Waals surface area contributed by atoms with Gasteiger partial charge in [0, 0.05) is 0 Å². The lowest BCUT2D eigenvalue weighted by Crippen LogP contribution is -2.33. The Balaban J connectivity index is 3.40. The van der Waals surface area contributed by atoms with Crippen LogP contribution in [0.1, 0.15) is 0 Å². The molecular formula is C9H12N2O4S2. The van der Waals surface area contributed by atoms with E-state index in [0.717, 1.165) is 6.26 Å². The van der Waals surface area contributed by atoms with Gasteiger partial charge >= 0.3 is 0 Å². The Hall–Kier alpha value is -1.25. The summed E-state index contributed by atoms with van der Waals surface area (Å²) in [5, 5.41) is 3.76. The molecule has 8 heteroatoms. The predicted molar refractivity (Wildman–Crippen MR) is 66.6 cm³/mol. The van der Waals surface area contributed by atoms with E-state index < -0.39 is 25.3 Å². The van der Waals surface area contributed by atoms with Gasteiger partial charge in [0.2, 0.25) is 10.0 Å². The Bertz CT molecular complexity index is 609. The molecule has 0 aromatic rings. The summed E-state index contributed by atoms with van der Waals surface area (Å²) >= 11 is 0. The molecule has 0 amide bonds. The molecule has 94 valence electrons. The molecule has 0 aromatic heterocycles. The van der Waals surface area contributed by atoms with Gasteiger partial charge in [-0.1, -0.05) is 30.4 Å². The highest BCUT2D eigenvalue weighted by atomic mass is 32.2. The first-order valence-corrected chi connectivity index (χ1v) is 7.99. The van der Waals surface area contributed by atoms with Crippen LogP contribution in [-0.2, 0) is 20.0 Å². The Morgan fingerprint density at radius 3 is 2.24 bits per heavy atom. The van der Waals surface area contributed by atoms with E-state index in [1.807, 2.05) is 0 Å². The topological polar surface area (TPSA) is 107 Å². The number of allylic oxidation sites excluding steroid dienone is 5. The highest BCUT2D eigenvalue weighted by molar-refractivity contribution is 7.91. The fourth-order valence-electron chi connectivity index (χ4n) is 1.19. The summed E-state index contributed by atoms with van der Waals surface area (Å²) < 4.78 is 48.2. The number of hydrogen-bond donors (Lipinski definition) is 1. The van der Waals surface area contributed by atoms with Crippen molar-refractivity contribution >= 4 is 25.8 Å². The third-order valence-corrected chi connectivity index (χ3v) is 3.45. The van der Waals surface area contributed by atoms with Crippen LogP contribution >= 0.6 is 0 Å². The van der Waals surface area contributed by atoms with Crippen LogP contribution in [0.15, 0.2) is 40.9 Å². The third-order valence-electron chi connectivity index (χ3n) is 1.80. The average molecular weight is 276 g/mol. The molecule has 0 bridgehead atoms. The minimum Gasteiger partial charge on any atom is -0.228 e. The van der Waals surface area contributed by atoms with E-state index in [4.69, 9.17) is 5.14 Å². The average Bonchev–Trinajstić information content (AvgIpc) is 2.05. The maximum atomic E-state index is 11.3. The largest absolute Gasteiger partial charge is 0.250 e. The minimum absolute atomic E-state index is 0.129. The zero-order valence-corrected chi connectivity index (χ0v) is 10.6. The normalized spacial score (nSPS) is 23.6. The fourth-order valence-corrected chi connectivity index (χ4v) is 2.59. The maximum absolute atomic E-state index is 11.3. The number of sulfonamides is 2. The van der Waals surface area contributed by atoms with Gasteiger partial charge in [-0.15, -0.1) is 0 Å². The molecule has 0 saturated heterocycles. The van der Waals surface area contributed by atoms with Crippen molar-refractivity contribution in [3.8, 4) is 0 Å². The van der Waals surface area contributed by atoms with E-state index in [1.165, 1.54) is 24.3 Å². The Kier molecular flexibility index (Phi) is 4.02. The van der Waals surface area contributed by atoms with Crippen molar-refractivity contribution < 1.29 is 16.8 Å². The standard InChI is InChI=1S/C9H12N2O4S2/c1-16(12,13)11-8-6-4-2-3-5-7-9(8)17(10,14)15/h2-7,9H,1H3,(H2,10,14,15). The van der Waals surface area contributed by atoms with Gasteiger partial charge in [-0.3, -0.25) is 0 Å². The molecule has 0 aliphatic heterocycles. The molecule has 1 aliphatic carbocycles. The highest BCUT2D eigenvalue weighted by Crippen LogP contribution is 2.08. The van der Waals surface area contributed by atoms with Gasteiger partial charge < -0.3 is 0 Å². The summed E-state index contributed by atoms with van der Waals surface area (Å²) in [5.41, 5.74) is -0.129. The fraction of sp³-hybridized carbons (Fsp3) is 0.222. The number of nitrogens with zero attached hydrogens (tertiary/aromatic N) is 1. The van der Waals surface area contributed by atoms with Gasteiger partial charge in [0.1, 0.15) is 5.25 Å². The molecule has 2 N–H and O–H groups in total. The van der Waals surface area contributed by atoms with Crippen molar-refractivity contribution in [2.75, 3.05) is 6.26 Å². The molecule has 17 heavy (non-hydrogen) atoms. The van der Waals surface area contributed by atoms with Crippen LogP contribution in [0.4, 0.5) is 0 Å². The summed E-state index contributed by atoms with van der Waals surface area (Å²) in [5.74, 6) is 0. The van der Waals surface area contributed by atoms with Gasteiger partial charge in [0.15, 0.2) is 0 Å². The molecule has 0 saturated carbocycles. The highest BCUT2D eigenvalue weighted by Gasteiger charge is 2.24. The van der Waals surface area contributed by atoms with Gasteiger partial charge in [-0.2, -0.15) is 4.40 Å². The lowest BCUT2D eigenvalue weighted by Gasteiger charge is -2.10. The number of rotatable bonds is 2. The summed E-state index contributed by atoms with van der Waals surface area (Å²) in [6, 6.07) is 0. The second-order valence-corrected chi connectivity index (χ2v) is 6.72. The van der Waals surface area contributed by atoms with Gasteiger partial charge in [-0.25, -0.2) is 22.0 Å². The zero-order valence-electron chi connectivity index (χ0n) is 9.02. The molecule has 1 unspecified atom stereocenters. The van der Waals surface area contributed by atoms with E-state index in [-0.39, 0.29) is 5.71 Å². The number of hydrogen-bond acceptors (Lipinski definition) is 4. The van der Waals surface area contributed by atoms with Crippen LogP contribution in [0.25, 0.3) is 0 Å². The van der Waals surface area contributed by atoms with Crippen LogP contribution in [0, 0.1) is 0 Å². The quantitative estimate of drug-likeness (QED) is 0.748. The first kappa shape index (κ1) is 13.8. The van der Waals surface area contributed by atoms with Crippen LogP contribution < -0.4 is 5.14 Å². The SMILES string of the molecule is CS(=O)(=O)N=C1C=CC=CC=CC1S(N)(=O)=O. The number of primary sulfonamides is 1. The van der Waals surface area contributed by atoms with E-state index in [1.54, 1.807) is 12.2 Å². The van der Waals surface area contributed by atoms with Crippen LogP contribution in [-0.4, -0.2) is 34.1 Å². The zero-order chi connectivity index (χ0) is 13.1. The molecule has 0 fully saturated rings. The van der Waals surface area contributed by atoms with Crippen molar-refractivity contribution in [2.45, 2.75) is 5.25 Å². The Morgan fingerprint density at radius 1 is 1.12 bits per heavy atom. The van der Waals surface area contributed by atoms with Crippen LogP contribution in [0.2, 0.25) is 0 Å². The van der Waals surface area contributed by atoms with E-state index in [0.29, 0.717) is 0 Å². The molecule has 1 atom stereocenters. The van der Waals surface area contributed by atoms with Crippen LogP contribution in [0.3, 0.4) is 0 Å². The molecular weight excluding hydrogens is 264 g/mol. The maximum Gasteiger partial charge on any atom is 0.250 e. The smallest absolute Gasteiger partial charge is 0.228 e. The van der Waals surface area contributed by atoms with Crippen molar-refractivity contribution in [1.82, 2.24) is 0 Å². The van der Waals surface area contributed by atoms with E-state index in [2.05, 4.69) is 4.40 Å². The molecule has 1 aliphatic rings.